The third kappa shape index (κ3) is 2.75. The number of carbonyl (C=O) groups excluding carboxylic acids is 1. The molecule has 0 aromatic heterocycles. The molecule has 86 valence electrons. The molecule has 0 heterocycles. The van der Waals surface area contributed by atoms with Crippen LogP contribution in [0.25, 0.3) is 0 Å². The van der Waals surface area contributed by atoms with Gasteiger partial charge in [-0.3, -0.25) is 9.59 Å². The van der Waals surface area contributed by atoms with Crippen molar-refractivity contribution in [3.8, 4) is 5.75 Å². The fraction of sp³-hybridized carbons (Fsp3) is 0.111. The zero-order chi connectivity index (χ0) is 12.5. The first kappa shape index (κ1) is 14.3. The SMILES string of the molecule is O=C(CBr)c1c(Br)cc(Br)c(O)c(=O)c1Br. The molecule has 0 saturated heterocycles. The van der Waals surface area contributed by atoms with E-state index >= 15 is 0 Å². The van der Waals surface area contributed by atoms with Crippen molar-refractivity contribution in [2.45, 2.75) is 0 Å². The highest BCUT2D eigenvalue weighted by Crippen LogP contribution is 2.29. The largest absolute Gasteiger partial charge is 0.503 e. The van der Waals surface area contributed by atoms with E-state index < -0.39 is 11.2 Å². The first-order valence-corrected chi connectivity index (χ1v) is 7.40. The number of aromatic hydroxyl groups is 1. The lowest BCUT2D eigenvalue weighted by Gasteiger charge is -1.98. The second kappa shape index (κ2) is 5.75. The van der Waals surface area contributed by atoms with Crippen LogP contribution in [0.15, 0.2) is 24.3 Å². The predicted molar refractivity (Wildman–Crippen MR) is 75.6 cm³/mol. The lowest BCUT2D eigenvalue weighted by atomic mass is 10.2. The molecular formula is C9H4Br4O3. The van der Waals surface area contributed by atoms with E-state index in [1.807, 2.05) is 0 Å². The number of carbonyl (C=O) groups is 1. The molecule has 0 amide bonds. The number of ketones is 1. The molecule has 0 aliphatic carbocycles. The zero-order valence-electron chi connectivity index (χ0n) is 7.56. The van der Waals surface area contributed by atoms with Crippen molar-refractivity contribution in [2.75, 3.05) is 5.33 Å². The van der Waals surface area contributed by atoms with Crippen LogP contribution in [-0.2, 0) is 0 Å². The Hall–Kier alpha value is 0.280. The predicted octanol–water partition coefficient (Wildman–Crippen LogP) is 3.62. The van der Waals surface area contributed by atoms with Gasteiger partial charge in [-0.25, -0.2) is 0 Å². The molecule has 0 unspecified atom stereocenters. The maximum absolute atomic E-state index is 11.7. The molecular weight excluding hydrogens is 476 g/mol. The Labute approximate surface area is 125 Å². The van der Waals surface area contributed by atoms with E-state index in [0.717, 1.165) is 0 Å². The fourth-order valence-corrected chi connectivity index (χ4v) is 3.54. The molecule has 7 heteroatoms. The zero-order valence-corrected chi connectivity index (χ0v) is 13.9. The summed E-state index contributed by atoms with van der Waals surface area (Å²) in [6, 6.07) is 1.46. The second-order valence-corrected chi connectivity index (χ2v) is 5.83. The van der Waals surface area contributed by atoms with Crippen molar-refractivity contribution in [3.63, 3.8) is 0 Å². The smallest absolute Gasteiger partial charge is 0.236 e. The molecule has 0 saturated carbocycles. The molecule has 0 radical (unpaired) electrons. The van der Waals surface area contributed by atoms with E-state index in [1.54, 1.807) is 0 Å². The van der Waals surface area contributed by atoms with E-state index in [4.69, 9.17) is 0 Å². The van der Waals surface area contributed by atoms with Gasteiger partial charge in [0.1, 0.15) is 0 Å². The Bertz CT molecular complexity index is 513. The van der Waals surface area contributed by atoms with Crippen molar-refractivity contribution in [1.29, 1.82) is 0 Å². The second-order valence-electron chi connectivity index (χ2n) is 2.76. The van der Waals surface area contributed by atoms with E-state index in [9.17, 15) is 14.7 Å². The lowest BCUT2D eigenvalue weighted by Crippen LogP contribution is -2.07. The summed E-state index contributed by atoms with van der Waals surface area (Å²) in [5.74, 6) is -0.709. The van der Waals surface area contributed by atoms with Crippen LogP contribution < -0.4 is 5.43 Å². The van der Waals surface area contributed by atoms with Crippen LogP contribution in [0.2, 0.25) is 0 Å². The van der Waals surface area contributed by atoms with Gasteiger partial charge in [0.2, 0.25) is 5.43 Å². The van der Waals surface area contributed by atoms with E-state index in [1.165, 1.54) is 6.07 Å². The van der Waals surface area contributed by atoms with E-state index in [-0.39, 0.29) is 25.6 Å². The summed E-state index contributed by atoms with van der Waals surface area (Å²) in [7, 11) is 0. The molecule has 1 aromatic carbocycles. The highest BCUT2D eigenvalue weighted by molar-refractivity contribution is 9.11. The quantitative estimate of drug-likeness (QED) is 0.521. The molecule has 16 heavy (non-hydrogen) atoms. The maximum atomic E-state index is 11.7. The summed E-state index contributed by atoms with van der Waals surface area (Å²) >= 11 is 12.3. The van der Waals surface area contributed by atoms with Crippen molar-refractivity contribution >= 4 is 69.5 Å². The summed E-state index contributed by atoms with van der Waals surface area (Å²) in [6.07, 6.45) is 0. The molecule has 0 aliphatic heterocycles. The fourth-order valence-electron chi connectivity index (χ4n) is 1.00. The third-order valence-corrected chi connectivity index (χ3v) is 4.25. The third-order valence-electron chi connectivity index (χ3n) is 1.75. The lowest BCUT2D eigenvalue weighted by molar-refractivity contribution is 0.102. The van der Waals surface area contributed by atoms with Gasteiger partial charge in [0, 0.05) is 4.47 Å². The van der Waals surface area contributed by atoms with Gasteiger partial charge in [0.15, 0.2) is 11.5 Å². The minimum atomic E-state index is -0.637. The van der Waals surface area contributed by atoms with Crippen LogP contribution >= 0.6 is 63.7 Å². The van der Waals surface area contributed by atoms with Gasteiger partial charge >= 0.3 is 0 Å². The topological polar surface area (TPSA) is 54.4 Å². The van der Waals surface area contributed by atoms with E-state index in [0.29, 0.717) is 4.47 Å². The number of Topliss-reactive ketones (excluding diaryl/α,β-unsaturated/α-hetero) is 1. The van der Waals surface area contributed by atoms with Crippen molar-refractivity contribution in [3.05, 3.63) is 35.3 Å². The molecule has 1 N–H and O–H groups in total. The van der Waals surface area contributed by atoms with Crippen LogP contribution in [0.1, 0.15) is 10.4 Å². The molecule has 0 fully saturated rings. The summed E-state index contributed by atoms with van der Waals surface area (Å²) in [4.78, 5) is 23.3. The van der Waals surface area contributed by atoms with Crippen molar-refractivity contribution in [1.82, 2.24) is 0 Å². The molecule has 0 bridgehead atoms. The van der Waals surface area contributed by atoms with Gasteiger partial charge in [-0.1, -0.05) is 15.9 Å². The molecule has 0 atom stereocenters. The van der Waals surface area contributed by atoms with Crippen molar-refractivity contribution < 1.29 is 9.90 Å². The van der Waals surface area contributed by atoms with Gasteiger partial charge in [0.05, 0.1) is 19.8 Å². The van der Waals surface area contributed by atoms with E-state index in [2.05, 4.69) is 63.7 Å². The van der Waals surface area contributed by atoms with Gasteiger partial charge < -0.3 is 5.11 Å². The summed E-state index contributed by atoms with van der Waals surface area (Å²) in [5.41, 5.74) is -0.440. The molecule has 1 aromatic rings. The van der Waals surface area contributed by atoms with Crippen molar-refractivity contribution in [2.24, 2.45) is 0 Å². The number of alkyl halides is 1. The normalized spacial score (nSPS) is 10.2. The van der Waals surface area contributed by atoms with Crippen LogP contribution in [0.5, 0.6) is 5.75 Å². The minimum absolute atomic E-state index is 0.0343. The van der Waals surface area contributed by atoms with Gasteiger partial charge in [-0.2, -0.15) is 0 Å². The van der Waals surface area contributed by atoms with Crippen LogP contribution in [-0.4, -0.2) is 16.2 Å². The monoisotopic (exact) mass is 476 g/mol. The minimum Gasteiger partial charge on any atom is -0.503 e. The highest BCUT2D eigenvalue weighted by Gasteiger charge is 2.18. The Morgan fingerprint density at radius 1 is 1.25 bits per heavy atom. The van der Waals surface area contributed by atoms with Gasteiger partial charge in [-0.15, -0.1) is 0 Å². The first-order valence-electron chi connectivity index (χ1n) is 3.90. The Morgan fingerprint density at radius 2 is 1.81 bits per heavy atom. The standard InChI is InChI=1S/C9H4Br4O3/c10-2-5(14)6-3(11)1-4(12)8(15)9(16)7(6)13/h1H,2H2,(H,15,16). The average Bonchev–Trinajstić information content (AvgIpc) is 2.31. The average molecular weight is 480 g/mol. The number of hydrogen-bond donors (Lipinski definition) is 1. The molecule has 0 aliphatic rings. The van der Waals surface area contributed by atoms with Gasteiger partial charge in [-0.05, 0) is 53.9 Å². The Morgan fingerprint density at radius 3 is 2.31 bits per heavy atom. The van der Waals surface area contributed by atoms with Crippen LogP contribution in [0.4, 0.5) is 0 Å². The van der Waals surface area contributed by atoms with Crippen LogP contribution in [0.3, 0.4) is 0 Å². The number of rotatable bonds is 2. The highest BCUT2D eigenvalue weighted by atomic mass is 79.9. The Balaban J connectivity index is 3.79. The maximum Gasteiger partial charge on any atom is 0.236 e. The van der Waals surface area contributed by atoms with Gasteiger partial charge in [0.25, 0.3) is 0 Å². The molecule has 0 spiro atoms. The number of hydrogen-bond acceptors (Lipinski definition) is 3. The Kier molecular flexibility index (Phi) is 5.15. The molecule has 1 rings (SSSR count). The number of halogens is 4. The first-order chi connectivity index (χ1) is 7.40. The summed E-state index contributed by atoms with van der Waals surface area (Å²) < 4.78 is 0.679. The summed E-state index contributed by atoms with van der Waals surface area (Å²) in [5, 5.41) is 9.61. The van der Waals surface area contributed by atoms with Crippen LogP contribution in [0, 0.1) is 0 Å². The molecule has 3 nitrogen and oxygen atoms in total. The summed E-state index contributed by atoms with van der Waals surface area (Å²) in [6.45, 7) is 0.